The van der Waals surface area contributed by atoms with Crippen molar-refractivity contribution in [2.75, 3.05) is 18.5 Å². The van der Waals surface area contributed by atoms with Crippen LogP contribution >= 0.6 is 0 Å². The van der Waals surface area contributed by atoms with Gasteiger partial charge in [-0.1, -0.05) is 24.3 Å². The third-order valence-electron chi connectivity index (χ3n) is 4.46. The van der Waals surface area contributed by atoms with Crippen LogP contribution in [0.25, 0.3) is 0 Å². The van der Waals surface area contributed by atoms with Gasteiger partial charge in [0.15, 0.2) is 12.4 Å². The van der Waals surface area contributed by atoms with Crippen LogP contribution in [0.15, 0.2) is 48.5 Å². The van der Waals surface area contributed by atoms with Gasteiger partial charge < -0.3 is 20.7 Å². The van der Waals surface area contributed by atoms with Crippen molar-refractivity contribution < 1.29 is 19.1 Å². The minimum atomic E-state index is -0.327. The molecule has 0 saturated heterocycles. The van der Waals surface area contributed by atoms with E-state index in [1.807, 2.05) is 24.3 Å². The van der Waals surface area contributed by atoms with Crippen molar-refractivity contribution in [2.45, 2.75) is 32.2 Å². The monoisotopic (exact) mass is 395 g/mol. The molecule has 1 fully saturated rings. The number of amides is 3. The molecule has 2 aromatic carbocycles. The van der Waals surface area contributed by atoms with Gasteiger partial charge in [-0.3, -0.25) is 9.59 Å². The quantitative estimate of drug-likeness (QED) is 0.569. The fourth-order valence-corrected chi connectivity index (χ4v) is 2.71. The average molecular weight is 395 g/mol. The van der Waals surface area contributed by atoms with Crippen LogP contribution in [0, 0.1) is 0 Å². The van der Waals surface area contributed by atoms with Gasteiger partial charge in [-0.05, 0) is 56.0 Å². The Morgan fingerprint density at radius 3 is 2.52 bits per heavy atom. The molecule has 3 rings (SSSR count). The number of rotatable bonds is 9. The molecule has 2 aromatic rings. The number of Topliss-reactive ketones (excluding diaryl/α,β-unsaturated/α-hetero) is 1. The van der Waals surface area contributed by atoms with Gasteiger partial charge in [0, 0.05) is 23.8 Å². The number of ether oxygens (including phenoxy) is 1. The second-order valence-corrected chi connectivity index (χ2v) is 7.04. The zero-order valence-electron chi connectivity index (χ0n) is 16.4. The predicted molar refractivity (Wildman–Crippen MR) is 110 cm³/mol. The summed E-state index contributed by atoms with van der Waals surface area (Å²) < 4.78 is 5.47. The average Bonchev–Trinajstić information content (AvgIpc) is 3.51. The minimum absolute atomic E-state index is 0.0163. The van der Waals surface area contributed by atoms with Crippen LogP contribution in [0.1, 0.15) is 35.7 Å². The highest BCUT2D eigenvalue weighted by Crippen LogP contribution is 2.18. The van der Waals surface area contributed by atoms with Crippen LogP contribution in [-0.2, 0) is 11.2 Å². The van der Waals surface area contributed by atoms with Crippen molar-refractivity contribution in [1.82, 2.24) is 10.6 Å². The molecule has 152 valence electrons. The van der Waals surface area contributed by atoms with E-state index in [1.54, 1.807) is 24.3 Å². The molecule has 29 heavy (non-hydrogen) atoms. The Morgan fingerprint density at radius 1 is 1.07 bits per heavy atom. The van der Waals surface area contributed by atoms with Gasteiger partial charge in [-0.25, -0.2) is 4.79 Å². The number of hydrogen-bond donors (Lipinski definition) is 3. The first-order valence-electron chi connectivity index (χ1n) is 9.66. The number of ketones is 1. The molecule has 1 saturated carbocycles. The van der Waals surface area contributed by atoms with E-state index in [4.69, 9.17) is 4.74 Å². The van der Waals surface area contributed by atoms with E-state index in [1.165, 1.54) is 6.92 Å². The highest BCUT2D eigenvalue weighted by Gasteiger charge is 2.23. The summed E-state index contributed by atoms with van der Waals surface area (Å²) in [5.41, 5.74) is 2.16. The molecule has 0 radical (unpaired) electrons. The largest absolute Gasteiger partial charge is 0.484 e. The molecule has 0 atom stereocenters. The molecule has 7 heteroatoms. The number of anilines is 1. The van der Waals surface area contributed by atoms with Crippen LogP contribution < -0.4 is 20.7 Å². The fraction of sp³-hybridized carbons (Fsp3) is 0.318. The maximum absolute atomic E-state index is 12.0. The lowest BCUT2D eigenvalue weighted by Gasteiger charge is -2.09. The number of nitrogens with one attached hydrogen (secondary N) is 3. The molecule has 0 unspecified atom stereocenters. The van der Waals surface area contributed by atoms with Crippen LogP contribution in [0.2, 0.25) is 0 Å². The fourth-order valence-electron chi connectivity index (χ4n) is 2.71. The van der Waals surface area contributed by atoms with E-state index in [0.29, 0.717) is 36.0 Å². The number of hydrogen-bond acceptors (Lipinski definition) is 4. The van der Waals surface area contributed by atoms with Crippen molar-refractivity contribution >= 4 is 23.4 Å². The second-order valence-electron chi connectivity index (χ2n) is 7.04. The smallest absolute Gasteiger partial charge is 0.319 e. The molecule has 0 heterocycles. The van der Waals surface area contributed by atoms with Gasteiger partial charge in [0.05, 0.1) is 0 Å². The normalized spacial score (nSPS) is 12.7. The van der Waals surface area contributed by atoms with E-state index in [9.17, 15) is 14.4 Å². The van der Waals surface area contributed by atoms with Gasteiger partial charge in [-0.2, -0.15) is 0 Å². The van der Waals surface area contributed by atoms with Gasteiger partial charge in [0.25, 0.3) is 5.91 Å². The van der Waals surface area contributed by atoms with Crippen LogP contribution in [0.5, 0.6) is 5.75 Å². The van der Waals surface area contributed by atoms with Crippen LogP contribution in [-0.4, -0.2) is 36.9 Å². The zero-order chi connectivity index (χ0) is 20.6. The van der Waals surface area contributed by atoms with Crippen molar-refractivity contribution in [2.24, 2.45) is 0 Å². The first-order chi connectivity index (χ1) is 14.0. The Hall–Kier alpha value is -3.35. The lowest BCUT2D eigenvalue weighted by molar-refractivity contribution is -0.123. The standard InChI is InChI=1S/C22H25N3O4/c1-15(26)17-3-2-4-19(13-17)25-22(28)23-12-11-16-5-9-20(10-6-16)29-14-21(27)24-18-7-8-18/h2-6,9-10,13,18H,7-8,11-12,14H2,1H3,(H,24,27)(H2,23,25,28). The first kappa shape index (κ1) is 20.4. The molecule has 0 aromatic heterocycles. The van der Waals surface area contributed by atoms with Gasteiger partial charge in [0.1, 0.15) is 5.75 Å². The molecule has 0 spiro atoms. The molecule has 0 bridgehead atoms. The van der Waals surface area contributed by atoms with Gasteiger partial charge >= 0.3 is 6.03 Å². The number of carbonyl (C=O) groups is 3. The molecule has 3 N–H and O–H groups in total. The zero-order valence-corrected chi connectivity index (χ0v) is 16.4. The topological polar surface area (TPSA) is 96.5 Å². The van der Waals surface area contributed by atoms with Crippen molar-refractivity contribution in [1.29, 1.82) is 0 Å². The molecular formula is C22H25N3O4. The molecule has 1 aliphatic rings. The SMILES string of the molecule is CC(=O)c1cccc(NC(=O)NCCc2ccc(OCC(=O)NC3CC3)cc2)c1. The second kappa shape index (κ2) is 9.73. The van der Waals surface area contributed by atoms with E-state index >= 15 is 0 Å². The molecule has 0 aliphatic heterocycles. The van der Waals surface area contributed by atoms with Gasteiger partial charge in [0.2, 0.25) is 0 Å². The summed E-state index contributed by atoms with van der Waals surface area (Å²) in [7, 11) is 0. The molecule has 7 nitrogen and oxygen atoms in total. The Bertz CT molecular complexity index is 876. The lowest BCUT2D eigenvalue weighted by Crippen LogP contribution is -2.30. The summed E-state index contributed by atoms with van der Waals surface area (Å²) in [5, 5.41) is 8.38. The highest BCUT2D eigenvalue weighted by molar-refractivity contribution is 5.96. The van der Waals surface area contributed by atoms with Crippen molar-refractivity contribution in [3.8, 4) is 5.75 Å². The Morgan fingerprint density at radius 2 is 1.83 bits per heavy atom. The van der Waals surface area contributed by atoms with Crippen LogP contribution in [0.4, 0.5) is 10.5 Å². The Kier molecular flexibility index (Phi) is 6.84. The Balaban J connectivity index is 1.37. The summed E-state index contributed by atoms with van der Waals surface area (Å²) in [4.78, 5) is 35.0. The minimum Gasteiger partial charge on any atom is -0.484 e. The highest BCUT2D eigenvalue weighted by atomic mass is 16.5. The summed E-state index contributed by atoms with van der Waals surface area (Å²) >= 11 is 0. The lowest BCUT2D eigenvalue weighted by atomic mass is 10.1. The molecular weight excluding hydrogens is 370 g/mol. The first-order valence-corrected chi connectivity index (χ1v) is 9.66. The maximum atomic E-state index is 12.0. The number of urea groups is 1. The summed E-state index contributed by atoms with van der Waals surface area (Å²) in [6.07, 6.45) is 2.76. The van der Waals surface area contributed by atoms with Gasteiger partial charge in [-0.15, -0.1) is 0 Å². The predicted octanol–water partition coefficient (Wildman–Crippen LogP) is 2.91. The number of benzene rings is 2. The van der Waals surface area contributed by atoms with E-state index in [2.05, 4.69) is 16.0 Å². The summed E-state index contributed by atoms with van der Waals surface area (Å²) in [5.74, 6) is 0.487. The summed E-state index contributed by atoms with van der Waals surface area (Å²) in [6.45, 7) is 1.96. The van der Waals surface area contributed by atoms with Crippen molar-refractivity contribution in [3.63, 3.8) is 0 Å². The van der Waals surface area contributed by atoms with E-state index in [0.717, 1.165) is 18.4 Å². The van der Waals surface area contributed by atoms with Crippen molar-refractivity contribution in [3.05, 3.63) is 59.7 Å². The molecule has 3 amide bonds. The summed E-state index contributed by atoms with van der Waals surface area (Å²) in [6, 6.07) is 14.3. The van der Waals surface area contributed by atoms with E-state index < -0.39 is 0 Å². The van der Waals surface area contributed by atoms with E-state index in [-0.39, 0.29) is 24.3 Å². The molecule has 1 aliphatic carbocycles. The van der Waals surface area contributed by atoms with Crippen LogP contribution in [0.3, 0.4) is 0 Å². The number of carbonyl (C=O) groups excluding carboxylic acids is 3. The Labute approximate surface area is 169 Å². The maximum Gasteiger partial charge on any atom is 0.319 e. The third kappa shape index (κ3) is 6.95. The third-order valence-corrected chi connectivity index (χ3v) is 4.46.